The van der Waals surface area contributed by atoms with Crippen LogP contribution in [0, 0.1) is 0 Å². The first-order valence-electron chi connectivity index (χ1n) is 15.1. The van der Waals surface area contributed by atoms with E-state index in [9.17, 15) is 0 Å². The van der Waals surface area contributed by atoms with Crippen molar-refractivity contribution >= 4 is 61.1 Å². The van der Waals surface area contributed by atoms with Gasteiger partial charge in [-0.25, -0.2) is 9.97 Å². The van der Waals surface area contributed by atoms with Gasteiger partial charge in [0.15, 0.2) is 5.58 Å². The number of nitrogens with zero attached hydrogens (tertiary/aromatic N) is 4. The van der Waals surface area contributed by atoms with Crippen LogP contribution in [0.25, 0.3) is 71.9 Å². The van der Waals surface area contributed by atoms with E-state index in [1.807, 2.05) is 48.5 Å². The number of fused-ring (bicyclic) bond motifs is 9. The Morgan fingerprint density at radius 3 is 1.78 bits per heavy atom. The fourth-order valence-electron chi connectivity index (χ4n) is 6.97. The molecule has 0 atom stereocenters. The minimum atomic E-state index is 0.626. The largest absolute Gasteiger partial charge is 0.454 e. The summed E-state index contributed by atoms with van der Waals surface area (Å²) in [4.78, 5) is 12.7. The maximum absolute atomic E-state index is 6.60. The average Bonchev–Trinajstić information content (AvgIpc) is 3.66. The standard InChI is InChI=1S/C40H24N4O/c1-3-12-25(13-4-1)31-24-32(26-14-5-2-6-15-26)42-40(41-31)43-33-18-8-9-19-34(33)44-37-28(17-11-20-35(37)43)29-22-23-30-27-16-7-10-21-36(27)45-39(30)38(29)44/h1-24H. The molecule has 0 saturated heterocycles. The van der Waals surface area contributed by atoms with Gasteiger partial charge >= 0.3 is 0 Å². The van der Waals surface area contributed by atoms with Crippen molar-refractivity contribution in [3.63, 3.8) is 0 Å². The highest BCUT2D eigenvalue weighted by molar-refractivity contribution is 6.24. The number of benzene rings is 6. The fraction of sp³-hybridized carbons (Fsp3) is 0. The Balaban J connectivity index is 1.31. The van der Waals surface area contributed by atoms with Crippen LogP contribution in [0.1, 0.15) is 0 Å². The summed E-state index contributed by atoms with van der Waals surface area (Å²) >= 11 is 0. The molecule has 3 aromatic heterocycles. The van der Waals surface area contributed by atoms with Crippen LogP contribution in [0.5, 0.6) is 0 Å². The molecule has 0 spiro atoms. The lowest BCUT2D eigenvalue weighted by Gasteiger charge is -2.31. The lowest BCUT2D eigenvalue weighted by molar-refractivity contribution is 0.671. The third-order valence-electron chi connectivity index (χ3n) is 8.93. The van der Waals surface area contributed by atoms with Crippen LogP contribution in [0.15, 0.2) is 150 Å². The Kier molecular flexibility index (Phi) is 4.93. The van der Waals surface area contributed by atoms with Gasteiger partial charge in [-0.3, -0.25) is 4.90 Å². The highest BCUT2D eigenvalue weighted by Crippen LogP contribution is 2.50. The van der Waals surface area contributed by atoms with Gasteiger partial charge in [-0.15, -0.1) is 0 Å². The summed E-state index contributed by atoms with van der Waals surface area (Å²) in [5, 5.41) is 4.55. The molecule has 9 aromatic rings. The molecule has 0 radical (unpaired) electrons. The van der Waals surface area contributed by atoms with E-state index in [2.05, 4.69) is 107 Å². The molecule has 0 unspecified atom stereocenters. The number of aromatic nitrogens is 3. The lowest BCUT2D eigenvalue weighted by atomic mass is 10.1. The third-order valence-corrected chi connectivity index (χ3v) is 8.93. The first-order chi connectivity index (χ1) is 22.3. The van der Waals surface area contributed by atoms with Crippen LogP contribution in [-0.2, 0) is 0 Å². The SMILES string of the molecule is c1ccc(-c2cc(-c3ccccc3)nc(N3c4ccccc4-n4c5c3cccc5c3ccc5c6ccccc6oc5c34)n2)cc1. The molecule has 0 N–H and O–H groups in total. The second-order valence-corrected chi connectivity index (χ2v) is 11.4. The quantitative estimate of drug-likeness (QED) is 0.210. The molecule has 4 heterocycles. The van der Waals surface area contributed by atoms with Crippen molar-refractivity contribution < 1.29 is 4.42 Å². The van der Waals surface area contributed by atoms with Crippen LogP contribution >= 0.6 is 0 Å². The minimum Gasteiger partial charge on any atom is -0.454 e. The molecule has 5 nitrogen and oxygen atoms in total. The predicted octanol–water partition coefficient (Wildman–Crippen LogP) is 10.6. The number of rotatable bonds is 3. The minimum absolute atomic E-state index is 0.626. The molecule has 5 heteroatoms. The van der Waals surface area contributed by atoms with E-state index in [0.29, 0.717) is 5.95 Å². The van der Waals surface area contributed by atoms with Crippen molar-refractivity contribution in [1.82, 2.24) is 14.5 Å². The summed E-state index contributed by atoms with van der Waals surface area (Å²) in [5.41, 5.74) is 10.9. The first kappa shape index (κ1) is 24.3. The van der Waals surface area contributed by atoms with E-state index in [-0.39, 0.29) is 0 Å². The summed E-state index contributed by atoms with van der Waals surface area (Å²) in [7, 11) is 0. The van der Waals surface area contributed by atoms with Crippen molar-refractivity contribution in [1.29, 1.82) is 0 Å². The lowest BCUT2D eigenvalue weighted by Crippen LogP contribution is -2.20. The van der Waals surface area contributed by atoms with Gasteiger partial charge in [-0.2, -0.15) is 0 Å². The van der Waals surface area contributed by atoms with E-state index in [0.717, 1.165) is 83.3 Å². The molecule has 10 rings (SSSR count). The van der Waals surface area contributed by atoms with Crippen molar-refractivity contribution in [2.45, 2.75) is 0 Å². The Morgan fingerprint density at radius 1 is 0.444 bits per heavy atom. The molecule has 6 aromatic carbocycles. The number of para-hydroxylation sites is 4. The summed E-state index contributed by atoms with van der Waals surface area (Å²) in [6.07, 6.45) is 0. The predicted molar refractivity (Wildman–Crippen MR) is 183 cm³/mol. The van der Waals surface area contributed by atoms with Crippen LogP contribution in [0.3, 0.4) is 0 Å². The maximum atomic E-state index is 6.60. The van der Waals surface area contributed by atoms with Gasteiger partial charge in [0.25, 0.3) is 0 Å². The summed E-state index contributed by atoms with van der Waals surface area (Å²) in [6.45, 7) is 0. The van der Waals surface area contributed by atoms with Gasteiger partial charge in [0.1, 0.15) is 5.58 Å². The Bertz CT molecular complexity index is 2540. The second-order valence-electron chi connectivity index (χ2n) is 11.4. The van der Waals surface area contributed by atoms with Crippen LogP contribution in [-0.4, -0.2) is 14.5 Å². The van der Waals surface area contributed by atoms with Gasteiger partial charge < -0.3 is 8.98 Å². The Morgan fingerprint density at radius 2 is 1.02 bits per heavy atom. The molecule has 45 heavy (non-hydrogen) atoms. The zero-order valence-electron chi connectivity index (χ0n) is 24.1. The van der Waals surface area contributed by atoms with E-state index in [4.69, 9.17) is 14.4 Å². The molecule has 0 fully saturated rings. The zero-order valence-corrected chi connectivity index (χ0v) is 24.1. The van der Waals surface area contributed by atoms with E-state index in [1.165, 1.54) is 0 Å². The molecule has 0 amide bonds. The van der Waals surface area contributed by atoms with E-state index in [1.54, 1.807) is 0 Å². The van der Waals surface area contributed by atoms with Gasteiger partial charge in [0, 0.05) is 32.7 Å². The van der Waals surface area contributed by atoms with Crippen LogP contribution in [0.2, 0.25) is 0 Å². The highest BCUT2D eigenvalue weighted by atomic mass is 16.3. The van der Waals surface area contributed by atoms with Crippen molar-refractivity contribution in [2.75, 3.05) is 4.90 Å². The number of furan rings is 1. The third kappa shape index (κ3) is 3.43. The van der Waals surface area contributed by atoms with Crippen LogP contribution < -0.4 is 4.90 Å². The zero-order chi connectivity index (χ0) is 29.5. The van der Waals surface area contributed by atoms with Crippen molar-refractivity contribution in [2.24, 2.45) is 0 Å². The summed E-state index contributed by atoms with van der Waals surface area (Å²) < 4.78 is 8.97. The summed E-state index contributed by atoms with van der Waals surface area (Å²) in [5.74, 6) is 0.626. The monoisotopic (exact) mass is 576 g/mol. The Hall–Kier alpha value is -6.20. The van der Waals surface area contributed by atoms with Crippen molar-refractivity contribution in [3.8, 4) is 28.2 Å². The van der Waals surface area contributed by atoms with Gasteiger partial charge in [-0.05, 0) is 36.4 Å². The van der Waals surface area contributed by atoms with Gasteiger partial charge in [0.05, 0.1) is 39.5 Å². The Labute approximate surface area is 258 Å². The van der Waals surface area contributed by atoms with E-state index >= 15 is 0 Å². The van der Waals surface area contributed by atoms with E-state index < -0.39 is 0 Å². The van der Waals surface area contributed by atoms with Gasteiger partial charge in [-0.1, -0.05) is 109 Å². The second kappa shape index (κ2) is 9.15. The topological polar surface area (TPSA) is 47.1 Å². The molecule has 0 bridgehead atoms. The first-order valence-corrected chi connectivity index (χ1v) is 15.1. The molecule has 210 valence electrons. The molecule has 0 aliphatic carbocycles. The number of hydrogen-bond donors (Lipinski definition) is 0. The van der Waals surface area contributed by atoms with Gasteiger partial charge in [0.2, 0.25) is 5.95 Å². The fourth-order valence-corrected chi connectivity index (χ4v) is 6.97. The highest BCUT2D eigenvalue weighted by Gasteiger charge is 2.31. The normalized spacial score (nSPS) is 12.4. The molecular formula is C40H24N4O. The van der Waals surface area contributed by atoms with Crippen molar-refractivity contribution in [3.05, 3.63) is 146 Å². The smallest absolute Gasteiger partial charge is 0.235 e. The maximum Gasteiger partial charge on any atom is 0.235 e. The molecule has 0 saturated carbocycles. The number of hydrogen-bond acceptors (Lipinski definition) is 4. The summed E-state index contributed by atoms with van der Waals surface area (Å²) in [6, 6.07) is 50.5. The molecular weight excluding hydrogens is 552 g/mol. The average molecular weight is 577 g/mol. The molecule has 1 aliphatic heterocycles. The van der Waals surface area contributed by atoms with Crippen LogP contribution in [0.4, 0.5) is 17.3 Å². The number of anilines is 3. The molecule has 1 aliphatic rings.